The minimum absolute atomic E-state index is 0.0463. The van der Waals surface area contributed by atoms with E-state index in [0.717, 1.165) is 11.6 Å². The van der Waals surface area contributed by atoms with Gasteiger partial charge in [0, 0.05) is 27.3 Å². The Hall–Kier alpha value is -2.63. The summed E-state index contributed by atoms with van der Waals surface area (Å²) in [5.74, 6) is -0.456. The monoisotopic (exact) mass is 547 g/mol. The minimum atomic E-state index is -4.52. The maximum Gasteiger partial charge on any atom is 0.417 e. The fraction of sp³-hybridized carbons (Fsp3) is 0.286. The Bertz CT molecular complexity index is 1020. The van der Waals surface area contributed by atoms with Crippen LogP contribution in [-0.2, 0) is 27.3 Å². The van der Waals surface area contributed by atoms with Crippen LogP contribution in [0.2, 0.25) is 0 Å². The number of halogens is 4. The molecule has 2 aromatic rings. The van der Waals surface area contributed by atoms with Gasteiger partial charge < -0.3 is 15.0 Å². The standard InChI is InChI=1S/C21H21F3IN3O3/c1-12-6-5-7-16(19(28-30-4)20(29)26-3)17(12)11-31-27-13(2)15-9-8-14(25)10-18(15)21(22,23)24/h5-10H,11H2,1-4H3,(H,26,29)/b27-13+,28-19+. The highest BCUT2D eigenvalue weighted by atomic mass is 127. The summed E-state index contributed by atoms with van der Waals surface area (Å²) in [6.07, 6.45) is -4.52. The number of alkyl halides is 3. The second-order valence-electron chi connectivity index (χ2n) is 6.44. The number of nitrogens with zero attached hydrogens (tertiary/aromatic N) is 2. The molecule has 0 heterocycles. The van der Waals surface area contributed by atoms with Crippen LogP contribution in [0.25, 0.3) is 0 Å². The van der Waals surface area contributed by atoms with Crippen molar-refractivity contribution in [2.75, 3.05) is 14.2 Å². The van der Waals surface area contributed by atoms with Crippen LogP contribution in [0.4, 0.5) is 13.2 Å². The van der Waals surface area contributed by atoms with E-state index in [1.54, 1.807) is 18.2 Å². The maximum absolute atomic E-state index is 13.4. The van der Waals surface area contributed by atoms with Crippen LogP contribution in [0, 0.1) is 10.5 Å². The van der Waals surface area contributed by atoms with Gasteiger partial charge in [0.15, 0.2) is 5.71 Å². The largest absolute Gasteiger partial charge is 0.417 e. The third-order valence-corrected chi connectivity index (χ3v) is 5.05. The van der Waals surface area contributed by atoms with Crippen LogP contribution < -0.4 is 5.32 Å². The molecule has 0 saturated carbocycles. The number of oxime groups is 2. The molecule has 2 rings (SSSR count). The molecule has 31 heavy (non-hydrogen) atoms. The Balaban J connectivity index is 2.36. The summed E-state index contributed by atoms with van der Waals surface area (Å²) in [5.41, 5.74) is 1.15. The third-order valence-electron chi connectivity index (χ3n) is 4.38. The van der Waals surface area contributed by atoms with Crippen molar-refractivity contribution in [2.24, 2.45) is 10.3 Å². The number of benzene rings is 2. The molecule has 0 radical (unpaired) electrons. The molecule has 0 aliphatic rings. The van der Waals surface area contributed by atoms with Crippen LogP contribution in [0.1, 0.15) is 34.7 Å². The number of carbonyl (C=O) groups excluding carboxylic acids is 1. The zero-order valence-corrected chi connectivity index (χ0v) is 19.5. The number of hydrogen-bond donors (Lipinski definition) is 1. The molecular weight excluding hydrogens is 526 g/mol. The molecule has 6 nitrogen and oxygen atoms in total. The first-order valence-corrected chi connectivity index (χ1v) is 10.1. The quantitative estimate of drug-likeness (QED) is 0.312. The number of rotatable bonds is 7. The zero-order valence-electron chi connectivity index (χ0n) is 17.3. The van der Waals surface area contributed by atoms with Crippen molar-refractivity contribution in [2.45, 2.75) is 26.6 Å². The number of amides is 1. The fourth-order valence-corrected chi connectivity index (χ4v) is 3.34. The van der Waals surface area contributed by atoms with Crippen LogP contribution in [0.3, 0.4) is 0 Å². The van der Waals surface area contributed by atoms with Crippen LogP contribution in [0.15, 0.2) is 46.7 Å². The van der Waals surface area contributed by atoms with E-state index in [4.69, 9.17) is 9.68 Å². The SMILES string of the molecule is CNC(=O)/C(=N/OC)c1cccc(C)c1CO/N=C(\C)c1ccc(I)cc1C(F)(F)F. The van der Waals surface area contributed by atoms with Crippen molar-refractivity contribution < 1.29 is 27.6 Å². The van der Waals surface area contributed by atoms with Crippen LogP contribution in [0.5, 0.6) is 0 Å². The minimum Gasteiger partial charge on any atom is -0.398 e. The summed E-state index contributed by atoms with van der Waals surface area (Å²) in [4.78, 5) is 22.4. The lowest BCUT2D eigenvalue weighted by Gasteiger charge is -2.14. The smallest absolute Gasteiger partial charge is 0.398 e. The lowest BCUT2D eigenvalue weighted by molar-refractivity contribution is -0.137. The van der Waals surface area contributed by atoms with E-state index in [1.807, 2.05) is 35.6 Å². The first-order valence-electron chi connectivity index (χ1n) is 9.05. The molecule has 0 spiro atoms. The van der Waals surface area contributed by atoms with Crippen LogP contribution >= 0.6 is 22.6 Å². The van der Waals surface area contributed by atoms with Gasteiger partial charge in [-0.15, -0.1) is 0 Å². The van der Waals surface area contributed by atoms with Gasteiger partial charge in [-0.1, -0.05) is 34.6 Å². The number of likely N-dealkylation sites (N-methyl/N-ethyl adjacent to an activating group) is 1. The Labute approximate surface area is 191 Å². The molecule has 10 heteroatoms. The average Bonchev–Trinajstić information content (AvgIpc) is 2.72. The summed E-state index contributed by atoms with van der Waals surface area (Å²) in [7, 11) is 2.79. The summed E-state index contributed by atoms with van der Waals surface area (Å²) in [6.45, 7) is 3.18. The topological polar surface area (TPSA) is 72.3 Å². The molecule has 166 valence electrons. The molecule has 0 aliphatic carbocycles. The number of carbonyl (C=O) groups is 1. The molecule has 0 unspecified atom stereocenters. The Morgan fingerprint density at radius 1 is 1.16 bits per heavy atom. The number of nitrogens with one attached hydrogen (secondary N) is 1. The molecule has 0 bridgehead atoms. The van der Waals surface area contributed by atoms with Gasteiger partial charge in [-0.25, -0.2) is 0 Å². The highest BCUT2D eigenvalue weighted by Crippen LogP contribution is 2.33. The van der Waals surface area contributed by atoms with Crippen molar-refractivity contribution >= 4 is 39.9 Å². The molecule has 2 aromatic carbocycles. The average molecular weight is 547 g/mol. The lowest BCUT2D eigenvalue weighted by atomic mass is 9.98. The molecule has 0 aliphatic heterocycles. The van der Waals surface area contributed by atoms with Gasteiger partial charge in [0.25, 0.3) is 5.91 Å². The van der Waals surface area contributed by atoms with E-state index in [0.29, 0.717) is 14.7 Å². The van der Waals surface area contributed by atoms with E-state index in [9.17, 15) is 18.0 Å². The Kier molecular flexibility index (Phi) is 8.43. The Morgan fingerprint density at radius 3 is 2.48 bits per heavy atom. The number of hydrogen-bond acceptors (Lipinski definition) is 5. The molecule has 1 N–H and O–H groups in total. The van der Waals surface area contributed by atoms with Gasteiger partial charge in [-0.05, 0) is 54.1 Å². The van der Waals surface area contributed by atoms with E-state index in [2.05, 4.69) is 15.6 Å². The zero-order chi connectivity index (χ0) is 23.2. The maximum atomic E-state index is 13.4. The van der Waals surface area contributed by atoms with Gasteiger partial charge in [-0.2, -0.15) is 13.2 Å². The Morgan fingerprint density at radius 2 is 1.87 bits per heavy atom. The summed E-state index contributed by atoms with van der Waals surface area (Å²) < 4.78 is 40.6. The molecule has 0 saturated heterocycles. The highest BCUT2D eigenvalue weighted by molar-refractivity contribution is 14.1. The molecule has 0 atom stereocenters. The normalized spacial score (nSPS) is 12.5. The molecule has 0 fully saturated rings. The summed E-state index contributed by atoms with van der Waals surface area (Å²) in [5, 5.41) is 10.2. The molecule has 0 aromatic heterocycles. The molecular formula is C21H21F3IN3O3. The lowest BCUT2D eigenvalue weighted by Crippen LogP contribution is -2.29. The van der Waals surface area contributed by atoms with Crippen molar-refractivity contribution in [1.29, 1.82) is 0 Å². The highest BCUT2D eigenvalue weighted by Gasteiger charge is 2.34. The van der Waals surface area contributed by atoms with Gasteiger partial charge in [0.05, 0.1) is 11.3 Å². The van der Waals surface area contributed by atoms with Crippen LogP contribution in [-0.4, -0.2) is 31.5 Å². The van der Waals surface area contributed by atoms with Gasteiger partial charge in [0.2, 0.25) is 0 Å². The predicted molar refractivity (Wildman–Crippen MR) is 120 cm³/mol. The van der Waals surface area contributed by atoms with Crippen molar-refractivity contribution in [3.05, 3.63) is 67.8 Å². The van der Waals surface area contributed by atoms with Crippen molar-refractivity contribution in [3.8, 4) is 0 Å². The summed E-state index contributed by atoms with van der Waals surface area (Å²) >= 11 is 1.82. The van der Waals surface area contributed by atoms with E-state index < -0.39 is 17.6 Å². The molecule has 1 amide bonds. The second kappa shape index (κ2) is 10.6. The van der Waals surface area contributed by atoms with Crippen molar-refractivity contribution in [1.82, 2.24) is 5.32 Å². The van der Waals surface area contributed by atoms with E-state index >= 15 is 0 Å². The first kappa shape index (κ1) is 24.6. The second-order valence-corrected chi connectivity index (χ2v) is 7.69. The van der Waals surface area contributed by atoms with Gasteiger partial charge >= 0.3 is 6.18 Å². The predicted octanol–water partition coefficient (Wildman–Crippen LogP) is 4.66. The first-order chi connectivity index (χ1) is 14.6. The number of aryl methyl sites for hydroxylation is 1. The van der Waals surface area contributed by atoms with Crippen molar-refractivity contribution in [3.63, 3.8) is 0 Å². The van der Waals surface area contributed by atoms with E-state index in [-0.39, 0.29) is 23.6 Å². The van der Waals surface area contributed by atoms with Gasteiger partial charge in [-0.3, -0.25) is 4.79 Å². The fourth-order valence-electron chi connectivity index (χ4n) is 2.85. The summed E-state index contributed by atoms with van der Waals surface area (Å²) in [6, 6.07) is 9.23. The van der Waals surface area contributed by atoms with Gasteiger partial charge in [0.1, 0.15) is 13.7 Å². The van der Waals surface area contributed by atoms with E-state index in [1.165, 1.54) is 27.1 Å². The third kappa shape index (κ3) is 6.18.